The summed E-state index contributed by atoms with van der Waals surface area (Å²) < 4.78 is 0. The lowest BCUT2D eigenvalue weighted by molar-refractivity contribution is -0.137. The second-order valence-corrected chi connectivity index (χ2v) is 11.1. The lowest BCUT2D eigenvalue weighted by Gasteiger charge is -2.29. The number of aliphatic hydroxyl groups is 1. The van der Waals surface area contributed by atoms with E-state index in [4.69, 9.17) is 0 Å². The number of rotatable bonds is 4. The second-order valence-electron chi connectivity index (χ2n) is 11.1. The molecule has 4 aromatic rings. The van der Waals surface area contributed by atoms with Crippen LogP contribution in [-0.2, 0) is 20.9 Å². The molecule has 2 atom stereocenters. The molecule has 1 aliphatic carbocycles. The van der Waals surface area contributed by atoms with Crippen LogP contribution < -0.4 is 5.32 Å². The molecule has 0 aromatic heterocycles. The number of aliphatic imine (C=N–C) groups is 1. The fourth-order valence-corrected chi connectivity index (χ4v) is 6.57. The minimum absolute atomic E-state index is 0.00848. The zero-order valence-corrected chi connectivity index (χ0v) is 22.7. The first-order valence-electron chi connectivity index (χ1n) is 14.1. The predicted molar refractivity (Wildman–Crippen MR) is 159 cm³/mol. The molecule has 1 fully saturated rings. The number of piperidine rings is 1. The lowest BCUT2D eigenvalue weighted by atomic mass is 9.79. The smallest absolute Gasteiger partial charge is 0.255 e. The van der Waals surface area contributed by atoms with E-state index in [-0.39, 0.29) is 60.7 Å². The van der Waals surface area contributed by atoms with Crippen LogP contribution in [-0.4, -0.2) is 45.8 Å². The van der Waals surface area contributed by atoms with Gasteiger partial charge in [-0.05, 0) is 57.6 Å². The van der Waals surface area contributed by atoms with Gasteiger partial charge in [-0.25, -0.2) is 0 Å². The molecule has 2 unspecified atom stereocenters. The van der Waals surface area contributed by atoms with Crippen LogP contribution in [0.3, 0.4) is 0 Å². The van der Waals surface area contributed by atoms with Gasteiger partial charge in [-0.2, -0.15) is 0 Å². The van der Waals surface area contributed by atoms with Gasteiger partial charge >= 0.3 is 0 Å². The van der Waals surface area contributed by atoms with E-state index in [0.717, 1.165) is 27.1 Å². The molecule has 0 radical (unpaired) electrons. The fourth-order valence-electron chi connectivity index (χ4n) is 6.57. The second kappa shape index (κ2) is 10.1. The summed E-state index contributed by atoms with van der Waals surface area (Å²) in [4.78, 5) is 56.6. The first-order chi connectivity index (χ1) is 20.4. The van der Waals surface area contributed by atoms with E-state index in [1.165, 1.54) is 11.1 Å². The summed E-state index contributed by atoms with van der Waals surface area (Å²) in [5.41, 5.74) is 2.80. The van der Waals surface area contributed by atoms with Gasteiger partial charge in [0.15, 0.2) is 5.78 Å². The van der Waals surface area contributed by atoms with Crippen molar-refractivity contribution in [1.29, 1.82) is 0 Å². The number of nitrogens with zero attached hydrogens (tertiary/aromatic N) is 2. The molecule has 3 aliphatic rings. The standard InChI is InChI=1S/C34H27N3O5/c38-29-15-21(32-22-8-3-1-6-19(22)14-20-7-2-4-9-23(20)32)16-30(39)25(29)17-35-27-11-5-10-24-26(27)18-37(34(24)42)28-12-13-31(40)36-33(28)41/h1-11,14,17,21,28,38H,12-13,15-16,18H2,(H,36,40,41). The summed E-state index contributed by atoms with van der Waals surface area (Å²) in [6.07, 6.45) is 2.37. The number of aliphatic hydroxyl groups excluding tert-OH is 1. The Balaban J connectivity index is 1.19. The average molecular weight is 558 g/mol. The van der Waals surface area contributed by atoms with E-state index in [2.05, 4.69) is 40.6 Å². The quantitative estimate of drug-likeness (QED) is 0.198. The number of allylic oxidation sites excluding steroid dienone is 2. The number of imide groups is 1. The Labute approximate surface area is 241 Å². The summed E-state index contributed by atoms with van der Waals surface area (Å²) in [7, 11) is 0. The third-order valence-electron chi connectivity index (χ3n) is 8.59. The van der Waals surface area contributed by atoms with Gasteiger partial charge in [0.05, 0.1) is 11.3 Å². The van der Waals surface area contributed by atoms with E-state index in [1.54, 1.807) is 18.2 Å². The van der Waals surface area contributed by atoms with Gasteiger partial charge < -0.3 is 10.0 Å². The van der Waals surface area contributed by atoms with Crippen molar-refractivity contribution in [2.75, 3.05) is 0 Å². The SMILES string of the molecule is O=C1CCC(N2Cc3c(N=CC4=C(O)CC(c5c6ccccc6cc6ccccc56)CC4=O)cccc3C2=O)C(=O)N1. The Hall–Kier alpha value is -5.11. The highest BCUT2D eigenvalue weighted by Gasteiger charge is 2.40. The van der Waals surface area contributed by atoms with Crippen molar-refractivity contribution in [2.24, 2.45) is 4.99 Å². The predicted octanol–water partition coefficient (Wildman–Crippen LogP) is 5.42. The molecule has 2 N–H and O–H groups in total. The Kier molecular flexibility index (Phi) is 6.19. The van der Waals surface area contributed by atoms with Crippen molar-refractivity contribution in [1.82, 2.24) is 10.2 Å². The van der Waals surface area contributed by atoms with E-state index >= 15 is 0 Å². The van der Waals surface area contributed by atoms with E-state index < -0.39 is 11.9 Å². The number of carbonyl (C=O) groups is 4. The van der Waals surface area contributed by atoms with Gasteiger partial charge in [-0.1, -0.05) is 54.6 Å². The van der Waals surface area contributed by atoms with Crippen LogP contribution in [0.4, 0.5) is 5.69 Å². The van der Waals surface area contributed by atoms with Crippen molar-refractivity contribution >= 4 is 57.0 Å². The van der Waals surface area contributed by atoms with Gasteiger partial charge in [-0.3, -0.25) is 29.5 Å². The number of benzene rings is 4. The Morgan fingerprint density at radius 2 is 1.60 bits per heavy atom. The van der Waals surface area contributed by atoms with Crippen LogP contribution in [0.25, 0.3) is 21.5 Å². The minimum atomic E-state index is -0.729. The van der Waals surface area contributed by atoms with Crippen LogP contribution in [0.1, 0.15) is 53.1 Å². The van der Waals surface area contributed by atoms with Crippen LogP contribution in [0.2, 0.25) is 0 Å². The van der Waals surface area contributed by atoms with Gasteiger partial charge in [0.1, 0.15) is 11.8 Å². The number of Topliss-reactive ketones (excluding diaryl/α,β-unsaturated/α-hetero) is 1. The maximum atomic E-state index is 13.4. The first kappa shape index (κ1) is 25.8. The monoisotopic (exact) mass is 557 g/mol. The molecule has 1 saturated heterocycles. The molecule has 208 valence electrons. The molecule has 7 rings (SSSR count). The van der Waals surface area contributed by atoms with Gasteiger partial charge in [0.2, 0.25) is 11.8 Å². The number of carbonyl (C=O) groups excluding carboxylic acids is 4. The Morgan fingerprint density at radius 1 is 0.881 bits per heavy atom. The Morgan fingerprint density at radius 3 is 2.29 bits per heavy atom. The van der Waals surface area contributed by atoms with Crippen molar-refractivity contribution in [2.45, 2.75) is 44.2 Å². The molecular weight excluding hydrogens is 530 g/mol. The number of nitrogens with one attached hydrogen (secondary N) is 1. The zero-order chi connectivity index (χ0) is 29.0. The molecule has 0 spiro atoms. The number of fused-ring (bicyclic) bond motifs is 3. The van der Waals surface area contributed by atoms with Crippen molar-refractivity contribution in [3.05, 3.63) is 101 Å². The number of hydrogen-bond acceptors (Lipinski definition) is 6. The highest BCUT2D eigenvalue weighted by molar-refractivity contribution is 6.16. The average Bonchev–Trinajstić information content (AvgIpc) is 3.32. The third-order valence-corrected chi connectivity index (χ3v) is 8.59. The highest BCUT2D eigenvalue weighted by atomic mass is 16.3. The molecule has 8 nitrogen and oxygen atoms in total. The van der Waals surface area contributed by atoms with Crippen molar-refractivity contribution in [3.8, 4) is 0 Å². The number of amides is 3. The number of ketones is 1. The fraction of sp³-hybridized carbons (Fsp3) is 0.206. The van der Waals surface area contributed by atoms with Gasteiger partial charge in [-0.15, -0.1) is 0 Å². The molecule has 0 bridgehead atoms. The van der Waals surface area contributed by atoms with Gasteiger partial charge in [0.25, 0.3) is 5.91 Å². The van der Waals surface area contributed by atoms with E-state index in [9.17, 15) is 24.3 Å². The maximum absolute atomic E-state index is 13.4. The largest absolute Gasteiger partial charge is 0.511 e. The summed E-state index contributed by atoms with van der Waals surface area (Å²) in [5.74, 6) is -1.51. The van der Waals surface area contributed by atoms with Crippen LogP contribution in [0.5, 0.6) is 0 Å². The zero-order valence-electron chi connectivity index (χ0n) is 22.7. The van der Waals surface area contributed by atoms with Crippen molar-refractivity contribution in [3.63, 3.8) is 0 Å². The topological polar surface area (TPSA) is 116 Å². The van der Waals surface area contributed by atoms with E-state index in [1.807, 2.05) is 24.3 Å². The summed E-state index contributed by atoms with van der Waals surface area (Å²) in [6, 6.07) is 22.8. The van der Waals surface area contributed by atoms with Gasteiger partial charge in [0, 0.05) is 43.1 Å². The Bertz CT molecular complexity index is 1850. The molecule has 2 heterocycles. The molecule has 8 heteroatoms. The van der Waals surface area contributed by atoms with Crippen LogP contribution in [0, 0.1) is 0 Å². The number of hydrogen-bond donors (Lipinski definition) is 2. The normalized spacial score (nSPS) is 21.1. The summed E-state index contributed by atoms with van der Waals surface area (Å²) >= 11 is 0. The molecule has 4 aromatic carbocycles. The van der Waals surface area contributed by atoms with Crippen LogP contribution in [0.15, 0.2) is 89.1 Å². The van der Waals surface area contributed by atoms with E-state index in [0.29, 0.717) is 23.2 Å². The molecule has 2 aliphatic heterocycles. The first-order valence-corrected chi connectivity index (χ1v) is 14.1. The van der Waals surface area contributed by atoms with Crippen molar-refractivity contribution < 1.29 is 24.3 Å². The summed E-state index contributed by atoms with van der Waals surface area (Å²) in [5, 5.41) is 17.8. The lowest BCUT2D eigenvalue weighted by Crippen LogP contribution is -2.52. The maximum Gasteiger partial charge on any atom is 0.255 e. The minimum Gasteiger partial charge on any atom is -0.511 e. The third kappa shape index (κ3) is 4.27. The molecule has 3 amide bonds. The molecule has 42 heavy (non-hydrogen) atoms. The molecule has 0 saturated carbocycles. The summed E-state index contributed by atoms with van der Waals surface area (Å²) in [6.45, 7) is 0.170. The highest BCUT2D eigenvalue weighted by Crippen LogP contribution is 2.41. The van der Waals surface area contributed by atoms with Crippen LogP contribution >= 0.6 is 0 Å². The molecular formula is C34H27N3O5.